The molecule has 0 radical (unpaired) electrons. The fraction of sp³-hybridized carbons (Fsp3) is 0.278. The van der Waals surface area contributed by atoms with Crippen LogP contribution in [0.15, 0.2) is 24.3 Å². The van der Waals surface area contributed by atoms with E-state index in [0.29, 0.717) is 17.1 Å². The van der Waals surface area contributed by atoms with Gasteiger partial charge in [-0.15, -0.1) is 11.8 Å². The Balaban J connectivity index is 2.31. The average molecular weight is 375 g/mol. The van der Waals surface area contributed by atoms with E-state index in [1.54, 1.807) is 23.6 Å². The highest BCUT2D eigenvalue weighted by Crippen LogP contribution is 2.30. The SMILES string of the molecule is COC(=O)CSCC(=O)Nc1c(C#N)c(C)c(C)n1-c1ccc(F)cc1. The highest BCUT2D eigenvalue weighted by molar-refractivity contribution is 8.00. The molecule has 1 heterocycles. The van der Waals surface area contributed by atoms with Crippen molar-refractivity contribution in [2.24, 2.45) is 0 Å². The van der Waals surface area contributed by atoms with E-state index in [0.717, 1.165) is 23.0 Å². The molecule has 1 aromatic carbocycles. The minimum Gasteiger partial charge on any atom is -0.468 e. The van der Waals surface area contributed by atoms with Crippen LogP contribution in [-0.2, 0) is 14.3 Å². The van der Waals surface area contributed by atoms with E-state index >= 15 is 0 Å². The summed E-state index contributed by atoms with van der Waals surface area (Å²) in [5.41, 5.74) is 2.48. The molecule has 0 spiro atoms. The molecule has 1 N–H and O–H groups in total. The van der Waals surface area contributed by atoms with E-state index in [9.17, 15) is 19.2 Å². The second-order valence-corrected chi connectivity index (χ2v) is 6.46. The second-order valence-electron chi connectivity index (χ2n) is 5.47. The third-order valence-electron chi connectivity index (χ3n) is 3.85. The summed E-state index contributed by atoms with van der Waals surface area (Å²) in [4.78, 5) is 23.4. The molecule has 8 heteroatoms. The lowest BCUT2D eigenvalue weighted by atomic mass is 10.2. The van der Waals surface area contributed by atoms with Gasteiger partial charge in [0.1, 0.15) is 17.7 Å². The number of halogens is 1. The first-order valence-electron chi connectivity index (χ1n) is 7.71. The van der Waals surface area contributed by atoms with Crippen LogP contribution in [0.1, 0.15) is 16.8 Å². The van der Waals surface area contributed by atoms with E-state index in [1.165, 1.54) is 19.2 Å². The minimum absolute atomic E-state index is 0.0344. The topological polar surface area (TPSA) is 84.1 Å². The normalized spacial score (nSPS) is 10.3. The zero-order chi connectivity index (χ0) is 19.3. The Morgan fingerprint density at radius 2 is 1.92 bits per heavy atom. The van der Waals surface area contributed by atoms with Crippen LogP contribution in [0.3, 0.4) is 0 Å². The highest BCUT2D eigenvalue weighted by Gasteiger charge is 2.20. The maximum atomic E-state index is 13.2. The molecule has 26 heavy (non-hydrogen) atoms. The van der Waals surface area contributed by atoms with Crippen LogP contribution < -0.4 is 5.32 Å². The molecular weight excluding hydrogens is 357 g/mol. The van der Waals surface area contributed by atoms with Crippen LogP contribution in [0, 0.1) is 31.0 Å². The maximum Gasteiger partial charge on any atom is 0.315 e. The van der Waals surface area contributed by atoms with Crippen molar-refractivity contribution in [3.8, 4) is 11.8 Å². The molecule has 6 nitrogen and oxygen atoms in total. The standard InChI is InChI=1S/C18H18FN3O3S/c1-11-12(2)22(14-6-4-13(19)5-7-14)18(15(11)8-20)21-16(23)9-26-10-17(24)25-3/h4-7H,9-10H2,1-3H3,(H,21,23). The van der Waals surface area contributed by atoms with Crippen molar-refractivity contribution in [2.75, 3.05) is 23.9 Å². The molecule has 1 aromatic heterocycles. The zero-order valence-corrected chi connectivity index (χ0v) is 15.4. The summed E-state index contributed by atoms with van der Waals surface area (Å²) in [6, 6.07) is 7.88. The molecule has 0 fully saturated rings. The molecule has 0 aliphatic rings. The Morgan fingerprint density at radius 1 is 1.27 bits per heavy atom. The molecule has 0 unspecified atom stereocenters. The number of ether oxygens (including phenoxy) is 1. The number of benzene rings is 1. The Kier molecular flexibility index (Phi) is 6.41. The highest BCUT2D eigenvalue weighted by atomic mass is 32.2. The number of nitrogens with one attached hydrogen (secondary N) is 1. The van der Waals surface area contributed by atoms with Crippen LogP contribution in [-0.4, -0.2) is 35.1 Å². The summed E-state index contributed by atoms with van der Waals surface area (Å²) < 4.78 is 19.5. The lowest BCUT2D eigenvalue weighted by molar-refractivity contribution is -0.137. The molecule has 1 amide bonds. The lowest BCUT2D eigenvalue weighted by Crippen LogP contribution is -2.18. The number of carbonyl (C=O) groups is 2. The predicted octanol–water partition coefficient (Wildman–Crippen LogP) is 2.95. The van der Waals surface area contributed by atoms with Crippen molar-refractivity contribution in [2.45, 2.75) is 13.8 Å². The number of aromatic nitrogens is 1. The number of methoxy groups -OCH3 is 1. The summed E-state index contributed by atoms with van der Waals surface area (Å²) in [5, 5.41) is 12.2. The van der Waals surface area contributed by atoms with Crippen LogP contribution in [0.2, 0.25) is 0 Å². The van der Waals surface area contributed by atoms with Gasteiger partial charge in [0, 0.05) is 11.4 Å². The first kappa shape index (κ1) is 19.5. The summed E-state index contributed by atoms with van der Waals surface area (Å²) in [6.07, 6.45) is 0. The second kappa shape index (κ2) is 8.54. The first-order valence-corrected chi connectivity index (χ1v) is 8.86. The molecular formula is C18H18FN3O3S. The van der Waals surface area contributed by atoms with Crippen molar-refractivity contribution in [3.05, 3.63) is 46.9 Å². The van der Waals surface area contributed by atoms with Crippen LogP contribution in [0.25, 0.3) is 5.69 Å². The number of hydrogen-bond acceptors (Lipinski definition) is 5. The maximum absolute atomic E-state index is 13.2. The first-order chi connectivity index (χ1) is 12.4. The predicted molar refractivity (Wildman–Crippen MR) is 97.9 cm³/mol. The average Bonchev–Trinajstić information content (AvgIpc) is 2.85. The molecule has 0 saturated heterocycles. The molecule has 0 atom stereocenters. The number of rotatable bonds is 6. The fourth-order valence-electron chi connectivity index (χ4n) is 2.43. The van der Waals surface area contributed by atoms with E-state index < -0.39 is 5.97 Å². The van der Waals surface area contributed by atoms with Crippen LogP contribution >= 0.6 is 11.8 Å². The largest absolute Gasteiger partial charge is 0.468 e. The Morgan fingerprint density at radius 3 is 2.50 bits per heavy atom. The number of anilines is 1. The number of esters is 1. The molecule has 0 bridgehead atoms. The van der Waals surface area contributed by atoms with Gasteiger partial charge in [0.2, 0.25) is 5.91 Å². The van der Waals surface area contributed by atoms with Gasteiger partial charge in [-0.2, -0.15) is 5.26 Å². The number of carbonyl (C=O) groups excluding carboxylic acids is 2. The molecule has 0 aliphatic heterocycles. The van der Waals surface area contributed by atoms with Gasteiger partial charge >= 0.3 is 5.97 Å². The molecule has 2 aromatic rings. The number of hydrogen-bond donors (Lipinski definition) is 1. The van der Waals surface area contributed by atoms with E-state index in [-0.39, 0.29) is 23.2 Å². The summed E-state index contributed by atoms with van der Waals surface area (Å²) in [6.45, 7) is 3.61. The van der Waals surface area contributed by atoms with Crippen molar-refractivity contribution >= 4 is 29.5 Å². The third kappa shape index (κ3) is 4.24. The smallest absolute Gasteiger partial charge is 0.315 e. The number of nitriles is 1. The van der Waals surface area contributed by atoms with Crippen molar-refractivity contribution in [3.63, 3.8) is 0 Å². The van der Waals surface area contributed by atoms with E-state index in [4.69, 9.17) is 0 Å². The Hall–Kier alpha value is -2.79. The van der Waals surface area contributed by atoms with Crippen LogP contribution in [0.5, 0.6) is 0 Å². The van der Waals surface area contributed by atoms with Gasteiger partial charge < -0.3 is 10.1 Å². The van der Waals surface area contributed by atoms with Gasteiger partial charge in [-0.25, -0.2) is 4.39 Å². The summed E-state index contributed by atoms with van der Waals surface area (Å²) >= 11 is 1.11. The summed E-state index contributed by atoms with van der Waals surface area (Å²) in [5.74, 6) is -0.713. The number of nitrogens with zero attached hydrogens (tertiary/aromatic N) is 2. The van der Waals surface area contributed by atoms with Gasteiger partial charge in [-0.3, -0.25) is 14.2 Å². The molecule has 0 aliphatic carbocycles. The Bertz CT molecular complexity index is 869. The zero-order valence-electron chi connectivity index (χ0n) is 14.6. The number of amides is 1. The van der Waals surface area contributed by atoms with Gasteiger partial charge in [-0.1, -0.05) is 0 Å². The monoisotopic (exact) mass is 375 g/mol. The van der Waals surface area contributed by atoms with Crippen molar-refractivity contribution in [1.82, 2.24) is 4.57 Å². The molecule has 2 rings (SSSR count). The quantitative estimate of drug-likeness (QED) is 0.785. The van der Waals surface area contributed by atoms with E-state index in [2.05, 4.69) is 16.1 Å². The fourth-order valence-corrected chi connectivity index (χ4v) is 3.07. The minimum atomic E-state index is -0.415. The van der Waals surface area contributed by atoms with Gasteiger partial charge in [0.05, 0.1) is 24.2 Å². The van der Waals surface area contributed by atoms with Crippen LogP contribution in [0.4, 0.5) is 10.2 Å². The molecule has 136 valence electrons. The summed E-state index contributed by atoms with van der Waals surface area (Å²) in [7, 11) is 1.28. The van der Waals surface area contributed by atoms with Gasteiger partial charge in [-0.05, 0) is 43.7 Å². The van der Waals surface area contributed by atoms with Crippen molar-refractivity contribution in [1.29, 1.82) is 5.26 Å². The lowest BCUT2D eigenvalue weighted by Gasteiger charge is -2.13. The number of thioether (sulfide) groups is 1. The molecule has 0 saturated carbocycles. The van der Waals surface area contributed by atoms with Crippen molar-refractivity contribution < 1.29 is 18.7 Å². The van der Waals surface area contributed by atoms with E-state index in [1.807, 2.05) is 6.92 Å². The third-order valence-corrected chi connectivity index (χ3v) is 4.75. The van der Waals surface area contributed by atoms with Gasteiger partial charge in [0.15, 0.2) is 0 Å². The Labute approximate surface area is 154 Å². The van der Waals surface area contributed by atoms with Gasteiger partial charge in [0.25, 0.3) is 0 Å².